The summed E-state index contributed by atoms with van der Waals surface area (Å²) in [4.78, 5) is 2.49. The third-order valence-electron chi connectivity index (χ3n) is 4.35. The van der Waals surface area contributed by atoms with Crippen LogP contribution in [0.3, 0.4) is 0 Å². The molecule has 21 heavy (non-hydrogen) atoms. The van der Waals surface area contributed by atoms with Gasteiger partial charge in [-0.25, -0.2) is 0 Å². The van der Waals surface area contributed by atoms with Gasteiger partial charge in [0.1, 0.15) is 0 Å². The lowest BCUT2D eigenvalue weighted by molar-refractivity contribution is 0.241. The minimum absolute atomic E-state index is 0.574. The number of aromatic nitrogens is 2. The van der Waals surface area contributed by atoms with Gasteiger partial charge in [-0.15, -0.1) is 0 Å². The predicted molar refractivity (Wildman–Crippen MR) is 86.0 cm³/mol. The summed E-state index contributed by atoms with van der Waals surface area (Å²) < 4.78 is 0. The molecule has 0 bridgehead atoms. The molecule has 112 valence electrons. The molecule has 1 aromatic carbocycles. The maximum absolute atomic E-state index is 4.19. The molecule has 1 aliphatic carbocycles. The van der Waals surface area contributed by atoms with Crippen LogP contribution in [-0.2, 0) is 6.54 Å². The van der Waals surface area contributed by atoms with Crippen molar-refractivity contribution in [2.75, 3.05) is 13.6 Å². The molecule has 0 amide bonds. The minimum atomic E-state index is 0.574. The summed E-state index contributed by atoms with van der Waals surface area (Å²) in [6, 6.07) is 11.8. The molecular formula is C17H24N4. The van der Waals surface area contributed by atoms with Crippen molar-refractivity contribution in [3.05, 3.63) is 42.1 Å². The zero-order chi connectivity index (χ0) is 14.7. The van der Waals surface area contributed by atoms with Crippen LogP contribution in [0.15, 0.2) is 36.5 Å². The lowest BCUT2D eigenvalue weighted by atomic mass is 10.1. The quantitative estimate of drug-likeness (QED) is 0.821. The SMILES string of the molecule is CC(CNCc1cn[nH]c1-c1ccccc1)N(C)C1CC1. The molecule has 1 atom stereocenters. The average Bonchev–Trinajstić information content (AvgIpc) is 3.26. The number of nitrogens with zero attached hydrogens (tertiary/aromatic N) is 2. The largest absolute Gasteiger partial charge is 0.311 e. The van der Waals surface area contributed by atoms with Crippen molar-refractivity contribution in [3.8, 4) is 11.3 Å². The van der Waals surface area contributed by atoms with Crippen molar-refractivity contribution in [2.45, 2.75) is 38.4 Å². The summed E-state index contributed by atoms with van der Waals surface area (Å²) in [5.74, 6) is 0. The predicted octanol–water partition coefficient (Wildman–Crippen LogP) is 2.65. The van der Waals surface area contributed by atoms with Crippen molar-refractivity contribution in [2.24, 2.45) is 0 Å². The summed E-state index contributed by atoms with van der Waals surface area (Å²) >= 11 is 0. The van der Waals surface area contributed by atoms with Crippen LogP contribution in [0, 0.1) is 0 Å². The summed E-state index contributed by atoms with van der Waals surface area (Å²) in [5, 5.41) is 10.9. The smallest absolute Gasteiger partial charge is 0.0695 e. The Kier molecular flexibility index (Phi) is 4.36. The molecule has 0 aliphatic heterocycles. The van der Waals surface area contributed by atoms with Gasteiger partial charge in [-0.2, -0.15) is 5.10 Å². The van der Waals surface area contributed by atoms with Gasteiger partial charge in [0.15, 0.2) is 0 Å². The fourth-order valence-electron chi connectivity index (χ4n) is 2.70. The highest BCUT2D eigenvalue weighted by molar-refractivity contribution is 5.62. The van der Waals surface area contributed by atoms with Gasteiger partial charge in [-0.3, -0.25) is 10.00 Å². The van der Waals surface area contributed by atoms with Crippen molar-refractivity contribution < 1.29 is 0 Å². The Hall–Kier alpha value is -1.65. The van der Waals surface area contributed by atoms with Crippen LogP contribution in [0.4, 0.5) is 0 Å². The van der Waals surface area contributed by atoms with Crippen LogP contribution in [0.25, 0.3) is 11.3 Å². The zero-order valence-corrected chi connectivity index (χ0v) is 12.8. The Labute approximate surface area is 126 Å². The first kappa shape index (κ1) is 14.3. The Morgan fingerprint density at radius 1 is 1.33 bits per heavy atom. The number of aromatic amines is 1. The van der Waals surface area contributed by atoms with Crippen LogP contribution in [0.2, 0.25) is 0 Å². The first-order valence-electron chi connectivity index (χ1n) is 7.76. The zero-order valence-electron chi connectivity index (χ0n) is 12.8. The second kappa shape index (κ2) is 6.41. The summed E-state index contributed by atoms with van der Waals surface area (Å²) in [5.41, 5.74) is 3.53. The van der Waals surface area contributed by atoms with Crippen LogP contribution in [-0.4, -0.2) is 40.8 Å². The summed E-state index contributed by atoms with van der Waals surface area (Å²) in [7, 11) is 2.23. The van der Waals surface area contributed by atoms with E-state index in [1.165, 1.54) is 24.0 Å². The molecule has 0 saturated heterocycles. The number of rotatable bonds is 7. The molecule has 3 rings (SSSR count). The van der Waals surface area contributed by atoms with Crippen molar-refractivity contribution in [1.29, 1.82) is 0 Å². The Bertz CT molecular complexity index is 559. The molecule has 2 N–H and O–H groups in total. The van der Waals surface area contributed by atoms with Gasteiger partial charge in [0.25, 0.3) is 0 Å². The minimum Gasteiger partial charge on any atom is -0.311 e. The van der Waals surface area contributed by atoms with Crippen LogP contribution in [0.5, 0.6) is 0 Å². The van der Waals surface area contributed by atoms with E-state index >= 15 is 0 Å². The van der Waals surface area contributed by atoms with E-state index in [0.29, 0.717) is 6.04 Å². The second-order valence-electron chi connectivity index (χ2n) is 6.01. The molecule has 1 saturated carbocycles. The Morgan fingerprint density at radius 2 is 2.10 bits per heavy atom. The highest BCUT2D eigenvalue weighted by Gasteiger charge is 2.28. The van der Waals surface area contributed by atoms with Crippen molar-refractivity contribution >= 4 is 0 Å². The molecule has 1 aromatic heterocycles. The van der Waals surface area contributed by atoms with E-state index in [-0.39, 0.29) is 0 Å². The standard InChI is InChI=1S/C17H24N4/c1-13(21(2)16-8-9-16)10-18-11-15-12-19-20-17(15)14-6-4-3-5-7-14/h3-7,12-13,16,18H,8-11H2,1-2H3,(H,19,20). The number of nitrogens with one attached hydrogen (secondary N) is 2. The highest BCUT2D eigenvalue weighted by Crippen LogP contribution is 2.26. The van der Waals surface area contributed by atoms with Gasteiger partial charge in [-0.05, 0) is 32.4 Å². The fraction of sp³-hybridized carbons (Fsp3) is 0.471. The van der Waals surface area contributed by atoms with E-state index in [4.69, 9.17) is 0 Å². The van der Waals surface area contributed by atoms with Crippen molar-refractivity contribution in [1.82, 2.24) is 20.4 Å². The molecule has 1 aliphatic rings. The van der Waals surface area contributed by atoms with Crippen LogP contribution < -0.4 is 5.32 Å². The number of benzene rings is 1. The van der Waals surface area contributed by atoms with Crippen LogP contribution >= 0.6 is 0 Å². The average molecular weight is 284 g/mol. The molecule has 1 fully saturated rings. The topological polar surface area (TPSA) is 44.0 Å². The van der Waals surface area contributed by atoms with Crippen molar-refractivity contribution in [3.63, 3.8) is 0 Å². The molecule has 4 heteroatoms. The van der Waals surface area contributed by atoms with Gasteiger partial charge >= 0.3 is 0 Å². The molecular weight excluding hydrogens is 260 g/mol. The molecule has 4 nitrogen and oxygen atoms in total. The number of H-pyrrole nitrogens is 1. The number of likely N-dealkylation sites (N-methyl/N-ethyl adjacent to an activating group) is 1. The summed E-state index contributed by atoms with van der Waals surface area (Å²) in [6.45, 7) is 4.15. The molecule has 1 heterocycles. The van der Waals surface area contributed by atoms with E-state index in [2.05, 4.69) is 58.7 Å². The normalized spacial score (nSPS) is 16.3. The first-order chi connectivity index (χ1) is 10.3. The fourth-order valence-corrected chi connectivity index (χ4v) is 2.70. The van der Waals surface area contributed by atoms with Crippen LogP contribution in [0.1, 0.15) is 25.3 Å². The number of hydrogen-bond acceptors (Lipinski definition) is 3. The van der Waals surface area contributed by atoms with E-state index in [9.17, 15) is 0 Å². The Morgan fingerprint density at radius 3 is 2.81 bits per heavy atom. The molecule has 1 unspecified atom stereocenters. The lowest BCUT2D eigenvalue weighted by Crippen LogP contribution is -2.38. The van der Waals surface area contributed by atoms with Gasteiger partial charge < -0.3 is 5.32 Å². The summed E-state index contributed by atoms with van der Waals surface area (Å²) in [6.07, 6.45) is 4.64. The third-order valence-corrected chi connectivity index (χ3v) is 4.35. The van der Waals surface area contributed by atoms with E-state index < -0.39 is 0 Å². The van der Waals surface area contributed by atoms with Gasteiger partial charge in [0, 0.05) is 30.7 Å². The molecule has 2 aromatic rings. The van der Waals surface area contributed by atoms with Gasteiger partial charge in [0.2, 0.25) is 0 Å². The molecule has 0 spiro atoms. The van der Waals surface area contributed by atoms with E-state index in [0.717, 1.165) is 24.8 Å². The highest BCUT2D eigenvalue weighted by atomic mass is 15.2. The van der Waals surface area contributed by atoms with Gasteiger partial charge in [-0.1, -0.05) is 30.3 Å². The lowest BCUT2D eigenvalue weighted by Gasteiger charge is -2.24. The first-order valence-corrected chi connectivity index (χ1v) is 7.76. The molecule has 0 radical (unpaired) electrons. The maximum atomic E-state index is 4.19. The monoisotopic (exact) mass is 284 g/mol. The number of hydrogen-bond donors (Lipinski definition) is 2. The van der Waals surface area contributed by atoms with E-state index in [1.54, 1.807) is 0 Å². The second-order valence-corrected chi connectivity index (χ2v) is 6.01. The maximum Gasteiger partial charge on any atom is 0.0695 e. The Balaban J connectivity index is 1.55. The van der Waals surface area contributed by atoms with Gasteiger partial charge in [0.05, 0.1) is 11.9 Å². The van der Waals surface area contributed by atoms with E-state index in [1.807, 2.05) is 12.3 Å². The third kappa shape index (κ3) is 3.52.